The summed E-state index contributed by atoms with van der Waals surface area (Å²) in [5.41, 5.74) is 12.9. The number of nitrogen functional groups attached to an aromatic ring is 2. The van der Waals surface area contributed by atoms with Gasteiger partial charge in [-0.2, -0.15) is 5.10 Å². The number of nitrogens with zero attached hydrogens (tertiary/aromatic N) is 6. The molecule has 0 radical (unpaired) electrons. The Morgan fingerprint density at radius 1 is 1.18 bits per heavy atom. The number of amides is 2. The van der Waals surface area contributed by atoms with Crippen molar-refractivity contribution in [2.45, 2.75) is 6.54 Å². The van der Waals surface area contributed by atoms with Gasteiger partial charge in [-0.3, -0.25) is 10.1 Å². The van der Waals surface area contributed by atoms with Crippen molar-refractivity contribution in [2.75, 3.05) is 30.9 Å². The lowest BCUT2D eigenvalue weighted by atomic mass is 10.2. The van der Waals surface area contributed by atoms with Crippen LogP contribution in [0.4, 0.5) is 26.5 Å². The van der Waals surface area contributed by atoms with E-state index in [1.165, 1.54) is 15.6 Å². The molecule has 0 bridgehead atoms. The van der Waals surface area contributed by atoms with E-state index in [2.05, 4.69) is 25.4 Å². The van der Waals surface area contributed by atoms with Gasteiger partial charge in [-0.05, 0) is 18.2 Å². The highest BCUT2D eigenvalue weighted by atomic mass is 19.1. The lowest BCUT2D eigenvalue weighted by Crippen LogP contribution is -2.14. The van der Waals surface area contributed by atoms with E-state index in [1.54, 1.807) is 50.6 Å². The Morgan fingerprint density at radius 2 is 1.82 bits per heavy atom. The molecule has 3 aromatic heterocycles. The summed E-state index contributed by atoms with van der Waals surface area (Å²) in [4.78, 5) is 34.3. The largest absolute Gasteiger partial charge is 0.465 e. The van der Waals surface area contributed by atoms with E-state index < -0.39 is 6.09 Å². The minimum Gasteiger partial charge on any atom is -0.465 e. The zero-order valence-corrected chi connectivity index (χ0v) is 18.3. The van der Waals surface area contributed by atoms with Gasteiger partial charge in [0, 0.05) is 25.9 Å². The Labute approximate surface area is 193 Å². The second kappa shape index (κ2) is 10.2. The first kappa shape index (κ1) is 23.8. The fourth-order valence-corrected chi connectivity index (χ4v) is 2.91. The second-order valence-corrected chi connectivity index (χ2v) is 7.16. The lowest BCUT2D eigenvalue weighted by Gasteiger charge is -2.08. The van der Waals surface area contributed by atoms with E-state index in [1.807, 2.05) is 0 Å². The van der Waals surface area contributed by atoms with E-state index in [-0.39, 0.29) is 35.5 Å². The summed E-state index contributed by atoms with van der Waals surface area (Å²) in [7, 11) is 3.38. The van der Waals surface area contributed by atoms with E-state index in [0.29, 0.717) is 22.3 Å². The topological polar surface area (TPSA) is 178 Å². The van der Waals surface area contributed by atoms with Crippen molar-refractivity contribution < 1.29 is 19.1 Å². The quantitative estimate of drug-likeness (QED) is 0.320. The van der Waals surface area contributed by atoms with Crippen LogP contribution in [0.2, 0.25) is 0 Å². The number of carbonyl (C=O) groups excluding carboxylic acids is 1. The van der Waals surface area contributed by atoms with Gasteiger partial charge in [0.15, 0.2) is 23.1 Å². The molecule has 6 N–H and O–H groups in total. The predicted molar refractivity (Wildman–Crippen MR) is 124 cm³/mol. The van der Waals surface area contributed by atoms with E-state index in [0.717, 1.165) is 6.41 Å². The average Bonchev–Trinajstić information content (AvgIpc) is 3.16. The Kier molecular flexibility index (Phi) is 7.16. The van der Waals surface area contributed by atoms with E-state index in [4.69, 9.17) is 16.6 Å². The van der Waals surface area contributed by atoms with Crippen molar-refractivity contribution in [2.24, 2.45) is 0 Å². The standard InChI is InChI=1S/C18H15FN8O2.C3H7NO/c19-11-6-2-1-4-9(11)8-27-17-10(5-3-7-22-17)12(26-27)16-24-14(20)13(15(21)25-16)23-18(28)29;1-4(2)3-5/h1-7,23H,8H2,(H,28,29)(H4,20,21,24,25);3H,1-2H3. The highest BCUT2D eigenvalue weighted by Crippen LogP contribution is 2.30. The third-order valence-electron chi connectivity index (χ3n) is 4.40. The summed E-state index contributed by atoms with van der Waals surface area (Å²) in [5, 5.41) is 16.0. The van der Waals surface area contributed by atoms with Crippen LogP contribution in [0.1, 0.15) is 5.56 Å². The van der Waals surface area contributed by atoms with Gasteiger partial charge in [-0.1, -0.05) is 18.2 Å². The minimum absolute atomic E-state index is 0.0984. The molecule has 0 saturated heterocycles. The Bertz CT molecular complexity index is 1320. The number of benzene rings is 1. The van der Waals surface area contributed by atoms with Crippen LogP contribution in [0.3, 0.4) is 0 Å². The van der Waals surface area contributed by atoms with Gasteiger partial charge in [-0.15, -0.1) is 0 Å². The summed E-state index contributed by atoms with van der Waals surface area (Å²) in [6, 6.07) is 9.85. The van der Waals surface area contributed by atoms with Crippen LogP contribution in [0.15, 0.2) is 42.6 Å². The molecule has 1 aromatic carbocycles. The molecule has 0 atom stereocenters. The number of aromatic nitrogens is 5. The summed E-state index contributed by atoms with van der Waals surface area (Å²) < 4.78 is 15.6. The van der Waals surface area contributed by atoms with E-state index >= 15 is 0 Å². The average molecular weight is 467 g/mol. The number of pyridine rings is 1. The maximum Gasteiger partial charge on any atom is 0.409 e. The number of nitrogens with one attached hydrogen (secondary N) is 1. The van der Waals surface area contributed by atoms with Crippen LogP contribution in [-0.2, 0) is 11.3 Å². The Morgan fingerprint density at radius 3 is 2.41 bits per heavy atom. The number of anilines is 3. The third-order valence-corrected chi connectivity index (χ3v) is 4.40. The molecule has 0 unspecified atom stereocenters. The monoisotopic (exact) mass is 467 g/mol. The van der Waals surface area contributed by atoms with Crippen molar-refractivity contribution in [1.29, 1.82) is 0 Å². The van der Waals surface area contributed by atoms with Crippen molar-refractivity contribution in [3.05, 3.63) is 54.0 Å². The van der Waals surface area contributed by atoms with Gasteiger partial charge < -0.3 is 21.5 Å². The van der Waals surface area contributed by atoms with Gasteiger partial charge in [0.2, 0.25) is 6.41 Å². The maximum atomic E-state index is 14.1. The second-order valence-electron chi connectivity index (χ2n) is 7.16. The smallest absolute Gasteiger partial charge is 0.409 e. The molecule has 0 spiro atoms. The fourth-order valence-electron chi connectivity index (χ4n) is 2.91. The Hall–Kier alpha value is -4.81. The van der Waals surface area contributed by atoms with Crippen LogP contribution < -0.4 is 16.8 Å². The zero-order valence-electron chi connectivity index (χ0n) is 18.3. The molecular formula is C21H22FN9O3. The molecule has 34 heavy (non-hydrogen) atoms. The molecule has 13 heteroatoms. The first-order chi connectivity index (χ1) is 16.2. The molecule has 176 valence electrons. The van der Waals surface area contributed by atoms with Gasteiger partial charge >= 0.3 is 6.09 Å². The van der Waals surface area contributed by atoms with Crippen molar-refractivity contribution in [1.82, 2.24) is 29.6 Å². The van der Waals surface area contributed by atoms with Crippen LogP contribution >= 0.6 is 0 Å². The molecule has 12 nitrogen and oxygen atoms in total. The number of rotatable bonds is 5. The molecule has 0 saturated carbocycles. The van der Waals surface area contributed by atoms with Crippen molar-refractivity contribution >= 4 is 40.9 Å². The molecule has 0 aliphatic carbocycles. The molecule has 0 fully saturated rings. The van der Waals surface area contributed by atoms with Crippen molar-refractivity contribution in [3.63, 3.8) is 0 Å². The van der Waals surface area contributed by atoms with Crippen LogP contribution in [0, 0.1) is 5.82 Å². The summed E-state index contributed by atoms with van der Waals surface area (Å²) in [5.74, 6) is -0.546. The molecule has 3 heterocycles. The summed E-state index contributed by atoms with van der Waals surface area (Å²) in [6.45, 7) is 0.143. The number of hydrogen-bond donors (Lipinski definition) is 4. The van der Waals surface area contributed by atoms with Gasteiger partial charge in [-0.25, -0.2) is 28.8 Å². The number of carboxylic acid groups (broad SMARTS) is 1. The predicted octanol–water partition coefficient (Wildman–Crippen LogP) is 2.03. The van der Waals surface area contributed by atoms with Gasteiger partial charge in [0.25, 0.3) is 0 Å². The van der Waals surface area contributed by atoms with Gasteiger partial charge in [0.05, 0.1) is 11.9 Å². The van der Waals surface area contributed by atoms with Crippen molar-refractivity contribution in [3.8, 4) is 11.5 Å². The first-order valence-electron chi connectivity index (χ1n) is 9.81. The number of halogens is 1. The zero-order chi connectivity index (χ0) is 24.8. The minimum atomic E-state index is -1.34. The van der Waals surface area contributed by atoms with Gasteiger partial charge in [0.1, 0.15) is 17.2 Å². The SMILES string of the molecule is CN(C)C=O.Nc1nc(-c2nn(Cc3ccccc3F)c3ncccc23)nc(N)c1NC(=O)O. The van der Waals surface area contributed by atoms with E-state index in [9.17, 15) is 14.0 Å². The molecular weight excluding hydrogens is 445 g/mol. The van der Waals surface area contributed by atoms with Crippen LogP contribution in [0.5, 0.6) is 0 Å². The lowest BCUT2D eigenvalue weighted by molar-refractivity contribution is -0.115. The normalized spacial score (nSPS) is 10.3. The molecule has 4 rings (SSSR count). The van der Waals surface area contributed by atoms with Crippen LogP contribution in [0.25, 0.3) is 22.6 Å². The number of carbonyl (C=O) groups is 2. The molecule has 4 aromatic rings. The first-order valence-corrected chi connectivity index (χ1v) is 9.81. The molecule has 0 aliphatic heterocycles. The summed E-state index contributed by atoms with van der Waals surface area (Å²) >= 11 is 0. The number of nitrogens with two attached hydrogens (primary N) is 2. The number of fused-ring (bicyclic) bond motifs is 1. The highest BCUT2D eigenvalue weighted by Gasteiger charge is 2.20. The molecule has 2 amide bonds. The third kappa shape index (κ3) is 5.32. The maximum absolute atomic E-state index is 14.1. The Balaban J connectivity index is 0.000000588. The fraction of sp³-hybridized carbons (Fsp3) is 0.143. The highest BCUT2D eigenvalue weighted by molar-refractivity contribution is 5.94. The molecule has 0 aliphatic rings. The summed E-state index contributed by atoms with van der Waals surface area (Å²) in [6.07, 6.45) is 0.998. The van der Waals surface area contributed by atoms with Crippen LogP contribution in [-0.4, -0.2) is 61.3 Å². The number of hydrogen-bond acceptors (Lipinski definition) is 8.